The van der Waals surface area contributed by atoms with Gasteiger partial charge in [0.2, 0.25) is 11.0 Å². The van der Waals surface area contributed by atoms with Crippen LogP contribution in [0.15, 0.2) is 40.1 Å². The van der Waals surface area contributed by atoms with Crippen LogP contribution in [0.5, 0.6) is 0 Å². The molecule has 0 radical (unpaired) electrons. The summed E-state index contributed by atoms with van der Waals surface area (Å²) in [6.07, 6.45) is 0.147. The van der Waals surface area contributed by atoms with Gasteiger partial charge in [0.05, 0.1) is 4.88 Å². The fourth-order valence-corrected chi connectivity index (χ4v) is 5.24. The smallest absolute Gasteiger partial charge is 0.261 e. The summed E-state index contributed by atoms with van der Waals surface area (Å²) >= 11 is 16.4. The standard InChI is InChI=1S/C17H14Cl2N4O2S3/c18-11-3-1-4-12(19)10(11)9-27-17-23-22-16(28-17)21-14(24)6-7-20-15(25)13-5-2-8-26-13/h1-5,8H,6-7,9H2,(H,20,25)(H,21,22,24). The van der Waals surface area contributed by atoms with E-state index in [1.807, 2.05) is 5.38 Å². The second kappa shape index (κ2) is 10.2. The van der Waals surface area contributed by atoms with Crippen LogP contribution in [0.4, 0.5) is 5.13 Å². The molecule has 28 heavy (non-hydrogen) atoms. The molecule has 0 unspecified atom stereocenters. The lowest BCUT2D eigenvalue weighted by molar-refractivity contribution is -0.116. The summed E-state index contributed by atoms with van der Waals surface area (Å²) in [5.41, 5.74) is 0.832. The van der Waals surface area contributed by atoms with Crippen molar-refractivity contribution in [2.75, 3.05) is 11.9 Å². The van der Waals surface area contributed by atoms with Crippen molar-refractivity contribution < 1.29 is 9.59 Å². The zero-order chi connectivity index (χ0) is 19.9. The van der Waals surface area contributed by atoms with Gasteiger partial charge in [-0.25, -0.2) is 0 Å². The van der Waals surface area contributed by atoms with E-state index in [4.69, 9.17) is 23.2 Å². The molecule has 3 aromatic rings. The van der Waals surface area contributed by atoms with Gasteiger partial charge in [-0.05, 0) is 29.1 Å². The number of carbonyl (C=O) groups is 2. The number of rotatable bonds is 8. The molecule has 2 heterocycles. The second-order valence-electron chi connectivity index (χ2n) is 5.39. The van der Waals surface area contributed by atoms with Crippen molar-refractivity contribution in [1.29, 1.82) is 0 Å². The van der Waals surface area contributed by atoms with Crippen LogP contribution >= 0.6 is 57.6 Å². The average Bonchev–Trinajstić information content (AvgIpc) is 3.33. The van der Waals surface area contributed by atoms with Crippen molar-refractivity contribution in [3.05, 3.63) is 56.2 Å². The molecule has 0 atom stereocenters. The maximum absolute atomic E-state index is 12.0. The van der Waals surface area contributed by atoms with Gasteiger partial charge >= 0.3 is 0 Å². The fraction of sp³-hybridized carbons (Fsp3) is 0.176. The largest absolute Gasteiger partial charge is 0.351 e. The Bertz CT molecular complexity index is 943. The first-order valence-electron chi connectivity index (χ1n) is 8.03. The minimum atomic E-state index is -0.242. The van der Waals surface area contributed by atoms with Crippen LogP contribution < -0.4 is 10.6 Å². The molecule has 0 aliphatic carbocycles. The van der Waals surface area contributed by atoms with Crippen LogP contribution in [0.3, 0.4) is 0 Å². The van der Waals surface area contributed by atoms with Crippen LogP contribution in [0, 0.1) is 0 Å². The number of halogens is 2. The Hall–Kier alpha value is -1.65. The van der Waals surface area contributed by atoms with Gasteiger partial charge in [0.25, 0.3) is 5.91 Å². The van der Waals surface area contributed by atoms with Crippen LogP contribution in [0.1, 0.15) is 21.7 Å². The summed E-state index contributed by atoms with van der Waals surface area (Å²) in [6, 6.07) is 8.90. The van der Waals surface area contributed by atoms with Gasteiger partial charge in [-0.3, -0.25) is 9.59 Å². The number of thioether (sulfide) groups is 1. The number of thiophene rings is 1. The van der Waals surface area contributed by atoms with Crippen LogP contribution in [0.2, 0.25) is 10.0 Å². The monoisotopic (exact) mass is 472 g/mol. The summed E-state index contributed by atoms with van der Waals surface area (Å²) in [5.74, 6) is 0.125. The van der Waals surface area contributed by atoms with E-state index >= 15 is 0 Å². The molecule has 3 rings (SSSR count). The van der Waals surface area contributed by atoms with Gasteiger partial charge in [0, 0.05) is 28.8 Å². The Morgan fingerprint density at radius 1 is 1.11 bits per heavy atom. The molecule has 146 valence electrons. The van der Waals surface area contributed by atoms with E-state index < -0.39 is 0 Å². The second-order valence-corrected chi connectivity index (χ2v) is 9.36. The van der Waals surface area contributed by atoms with E-state index in [9.17, 15) is 9.59 Å². The lowest BCUT2D eigenvalue weighted by atomic mass is 10.2. The number of hydrogen-bond donors (Lipinski definition) is 2. The summed E-state index contributed by atoms with van der Waals surface area (Å²) in [5, 5.41) is 16.8. The third-order valence-corrected chi connectivity index (χ3v) is 7.01. The molecular formula is C17H14Cl2N4O2S3. The normalized spacial score (nSPS) is 10.6. The highest BCUT2D eigenvalue weighted by atomic mass is 35.5. The molecule has 11 heteroatoms. The van der Waals surface area contributed by atoms with E-state index in [-0.39, 0.29) is 24.8 Å². The molecule has 6 nitrogen and oxygen atoms in total. The predicted octanol–water partition coefficient (Wildman–Crippen LogP) is 4.96. The predicted molar refractivity (Wildman–Crippen MR) is 116 cm³/mol. The lowest BCUT2D eigenvalue weighted by Gasteiger charge is -2.04. The number of benzene rings is 1. The van der Waals surface area contributed by atoms with Gasteiger partial charge in [-0.2, -0.15) is 0 Å². The maximum atomic E-state index is 12.0. The zero-order valence-corrected chi connectivity index (χ0v) is 18.2. The summed E-state index contributed by atoms with van der Waals surface area (Å²) in [7, 11) is 0. The van der Waals surface area contributed by atoms with E-state index in [0.717, 1.165) is 5.56 Å². The third kappa shape index (κ3) is 5.92. The first kappa shape index (κ1) is 21.1. The van der Waals surface area contributed by atoms with Crippen LogP contribution in [-0.2, 0) is 10.5 Å². The highest BCUT2D eigenvalue weighted by Gasteiger charge is 2.12. The van der Waals surface area contributed by atoms with Crippen LogP contribution in [0.25, 0.3) is 0 Å². The molecule has 0 saturated carbocycles. The Morgan fingerprint density at radius 3 is 2.61 bits per heavy atom. The number of amides is 2. The van der Waals surface area contributed by atoms with Crippen molar-refractivity contribution in [2.45, 2.75) is 16.5 Å². The first-order valence-corrected chi connectivity index (χ1v) is 11.5. The molecule has 0 aliphatic heterocycles. The van der Waals surface area contributed by atoms with E-state index in [2.05, 4.69) is 20.8 Å². The molecule has 0 aliphatic rings. The van der Waals surface area contributed by atoms with Gasteiger partial charge in [0.1, 0.15) is 0 Å². The summed E-state index contributed by atoms with van der Waals surface area (Å²) in [6.45, 7) is 0.244. The summed E-state index contributed by atoms with van der Waals surface area (Å²) < 4.78 is 0.692. The Morgan fingerprint density at radius 2 is 1.89 bits per heavy atom. The lowest BCUT2D eigenvalue weighted by Crippen LogP contribution is -2.27. The molecule has 0 fully saturated rings. The van der Waals surface area contributed by atoms with E-state index in [0.29, 0.717) is 30.1 Å². The number of hydrogen-bond acceptors (Lipinski definition) is 7. The molecule has 1 aromatic carbocycles. The highest BCUT2D eigenvalue weighted by molar-refractivity contribution is 8.00. The topological polar surface area (TPSA) is 84.0 Å². The quantitative estimate of drug-likeness (QED) is 0.357. The molecule has 2 N–H and O–H groups in total. The summed E-state index contributed by atoms with van der Waals surface area (Å²) in [4.78, 5) is 24.4. The van der Waals surface area contributed by atoms with E-state index in [1.165, 1.54) is 34.4 Å². The number of anilines is 1. The Labute approximate surface area is 183 Å². The number of aromatic nitrogens is 2. The fourth-order valence-electron chi connectivity index (χ4n) is 2.09. The van der Waals surface area contributed by atoms with Gasteiger partial charge < -0.3 is 10.6 Å². The minimum absolute atomic E-state index is 0.147. The molecule has 0 spiro atoms. The molecule has 0 saturated heterocycles. The molecule has 0 bridgehead atoms. The van der Waals surface area contributed by atoms with Crippen molar-refractivity contribution in [3.8, 4) is 0 Å². The molecular weight excluding hydrogens is 459 g/mol. The van der Waals surface area contributed by atoms with Crippen molar-refractivity contribution >= 4 is 74.6 Å². The minimum Gasteiger partial charge on any atom is -0.351 e. The highest BCUT2D eigenvalue weighted by Crippen LogP contribution is 2.33. The molecule has 2 aromatic heterocycles. The number of nitrogens with zero attached hydrogens (tertiary/aromatic N) is 2. The SMILES string of the molecule is O=C(CCNC(=O)c1cccs1)Nc1nnc(SCc2c(Cl)cccc2Cl)s1. The third-order valence-electron chi connectivity index (χ3n) is 3.44. The van der Waals surface area contributed by atoms with Crippen molar-refractivity contribution in [3.63, 3.8) is 0 Å². The van der Waals surface area contributed by atoms with Crippen molar-refractivity contribution in [1.82, 2.24) is 15.5 Å². The first-order chi connectivity index (χ1) is 13.5. The Balaban J connectivity index is 1.43. The van der Waals surface area contributed by atoms with Crippen molar-refractivity contribution in [2.24, 2.45) is 0 Å². The van der Waals surface area contributed by atoms with Gasteiger partial charge in [-0.15, -0.1) is 21.5 Å². The maximum Gasteiger partial charge on any atom is 0.261 e. The van der Waals surface area contributed by atoms with E-state index in [1.54, 1.807) is 30.3 Å². The van der Waals surface area contributed by atoms with Gasteiger partial charge in [0.15, 0.2) is 4.34 Å². The zero-order valence-electron chi connectivity index (χ0n) is 14.3. The number of nitrogens with one attached hydrogen (secondary N) is 2. The molecule has 2 amide bonds. The van der Waals surface area contributed by atoms with Crippen LogP contribution in [-0.4, -0.2) is 28.6 Å². The average molecular weight is 473 g/mol. The van der Waals surface area contributed by atoms with Gasteiger partial charge in [-0.1, -0.05) is 58.4 Å². The number of carbonyl (C=O) groups excluding carboxylic acids is 2. The Kier molecular flexibility index (Phi) is 7.69.